The summed E-state index contributed by atoms with van der Waals surface area (Å²) in [6.07, 6.45) is 3.18. The standard InChI is InChI=1S/C15H21FN4/c1-4-7-20-15(18-10-19-20)9-14(17-3)12-6-5-11(2)8-13(12)16/h5-6,8,10,14,17H,4,7,9H2,1-3H3. The molecule has 5 heteroatoms. The number of halogens is 1. The Kier molecular flexibility index (Phi) is 4.84. The molecular formula is C15H21FN4. The third-order valence-electron chi connectivity index (χ3n) is 3.40. The smallest absolute Gasteiger partial charge is 0.138 e. The molecule has 1 aromatic heterocycles. The Morgan fingerprint density at radius 3 is 2.85 bits per heavy atom. The van der Waals surface area contributed by atoms with Crippen LogP contribution >= 0.6 is 0 Å². The number of hydrogen-bond donors (Lipinski definition) is 1. The van der Waals surface area contributed by atoms with Crippen molar-refractivity contribution in [2.75, 3.05) is 7.05 Å². The molecular weight excluding hydrogens is 255 g/mol. The predicted molar refractivity (Wildman–Crippen MR) is 77.0 cm³/mol. The van der Waals surface area contributed by atoms with Gasteiger partial charge in [-0.2, -0.15) is 5.10 Å². The second-order valence-electron chi connectivity index (χ2n) is 4.97. The van der Waals surface area contributed by atoms with Crippen molar-refractivity contribution in [1.82, 2.24) is 20.1 Å². The van der Waals surface area contributed by atoms with E-state index in [-0.39, 0.29) is 11.9 Å². The molecule has 108 valence electrons. The Hall–Kier alpha value is -1.75. The van der Waals surface area contributed by atoms with E-state index in [2.05, 4.69) is 22.3 Å². The van der Waals surface area contributed by atoms with Gasteiger partial charge in [-0.25, -0.2) is 9.37 Å². The number of nitrogens with one attached hydrogen (secondary N) is 1. The molecule has 0 fully saturated rings. The fourth-order valence-electron chi connectivity index (χ4n) is 2.31. The van der Waals surface area contributed by atoms with Crippen molar-refractivity contribution in [1.29, 1.82) is 0 Å². The van der Waals surface area contributed by atoms with Gasteiger partial charge in [-0.05, 0) is 32.0 Å². The summed E-state index contributed by atoms with van der Waals surface area (Å²) in [5.41, 5.74) is 1.60. The van der Waals surface area contributed by atoms with Crippen LogP contribution in [0.2, 0.25) is 0 Å². The summed E-state index contributed by atoms with van der Waals surface area (Å²) in [7, 11) is 1.84. The topological polar surface area (TPSA) is 42.7 Å². The Morgan fingerprint density at radius 1 is 1.40 bits per heavy atom. The Labute approximate surface area is 119 Å². The number of hydrogen-bond acceptors (Lipinski definition) is 3. The van der Waals surface area contributed by atoms with E-state index in [4.69, 9.17) is 0 Å². The van der Waals surface area contributed by atoms with E-state index in [0.29, 0.717) is 12.0 Å². The molecule has 1 heterocycles. The van der Waals surface area contributed by atoms with Crippen LogP contribution in [0.25, 0.3) is 0 Å². The zero-order valence-corrected chi connectivity index (χ0v) is 12.2. The van der Waals surface area contributed by atoms with E-state index >= 15 is 0 Å². The van der Waals surface area contributed by atoms with Crippen LogP contribution < -0.4 is 5.32 Å². The molecule has 1 aromatic carbocycles. The average molecular weight is 276 g/mol. The molecule has 4 nitrogen and oxygen atoms in total. The summed E-state index contributed by atoms with van der Waals surface area (Å²) in [4.78, 5) is 4.28. The van der Waals surface area contributed by atoms with Gasteiger partial charge in [-0.15, -0.1) is 0 Å². The molecule has 0 amide bonds. The molecule has 0 aliphatic rings. The Bertz CT molecular complexity index is 565. The number of likely N-dealkylation sites (N-methyl/N-ethyl adjacent to an activating group) is 1. The highest BCUT2D eigenvalue weighted by Crippen LogP contribution is 2.21. The van der Waals surface area contributed by atoms with Crippen LogP contribution in [0.4, 0.5) is 4.39 Å². The Balaban J connectivity index is 2.22. The first-order valence-corrected chi connectivity index (χ1v) is 6.95. The first kappa shape index (κ1) is 14.7. The summed E-state index contributed by atoms with van der Waals surface area (Å²) in [5.74, 6) is 0.706. The largest absolute Gasteiger partial charge is 0.313 e. The molecule has 0 radical (unpaired) electrons. The second kappa shape index (κ2) is 6.61. The lowest BCUT2D eigenvalue weighted by molar-refractivity contribution is 0.496. The maximum Gasteiger partial charge on any atom is 0.138 e. The van der Waals surface area contributed by atoms with Gasteiger partial charge in [-0.3, -0.25) is 4.68 Å². The van der Waals surface area contributed by atoms with Gasteiger partial charge < -0.3 is 5.32 Å². The monoisotopic (exact) mass is 276 g/mol. The summed E-state index contributed by atoms with van der Waals surface area (Å²) in [6.45, 7) is 4.82. The number of benzene rings is 1. The van der Waals surface area contributed by atoms with E-state index in [1.165, 1.54) is 0 Å². The van der Waals surface area contributed by atoms with Crippen molar-refractivity contribution in [3.63, 3.8) is 0 Å². The van der Waals surface area contributed by atoms with Gasteiger partial charge in [0.1, 0.15) is 18.0 Å². The van der Waals surface area contributed by atoms with Crippen molar-refractivity contribution >= 4 is 0 Å². The third-order valence-corrected chi connectivity index (χ3v) is 3.40. The van der Waals surface area contributed by atoms with Crippen molar-refractivity contribution in [2.45, 2.75) is 39.3 Å². The minimum Gasteiger partial charge on any atom is -0.313 e. The third kappa shape index (κ3) is 3.22. The van der Waals surface area contributed by atoms with Gasteiger partial charge in [0.15, 0.2) is 0 Å². The van der Waals surface area contributed by atoms with Gasteiger partial charge in [-0.1, -0.05) is 19.1 Å². The molecule has 0 spiro atoms. The normalized spacial score (nSPS) is 12.6. The molecule has 1 atom stereocenters. The zero-order valence-electron chi connectivity index (χ0n) is 12.2. The summed E-state index contributed by atoms with van der Waals surface area (Å²) < 4.78 is 16.0. The van der Waals surface area contributed by atoms with Crippen molar-refractivity contribution in [2.24, 2.45) is 0 Å². The van der Waals surface area contributed by atoms with Gasteiger partial charge in [0.05, 0.1) is 0 Å². The number of aromatic nitrogens is 3. The Morgan fingerprint density at radius 2 is 2.20 bits per heavy atom. The molecule has 1 N–H and O–H groups in total. The van der Waals surface area contributed by atoms with E-state index in [0.717, 1.165) is 24.4 Å². The van der Waals surface area contributed by atoms with Crippen LogP contribution in [0, 0.1) is 12.7 Å². The van der Waals surface area contributed by atoms with Gasteiger partial charge in [0, 0.05) is 24.6 Å². The molecule has 20 heavy (non-hydrogen) atoms. The van der Waals surface area contributed by atoms with Gasteiger partial charge in [0.2, 0.25) is 0 Å². The maximum absolute atomic E-state index is 14.1. The van der Waals surface area contributed by atoms with E-state index in [1.807, 2.05) is 30.8 Å². The molecule has 0 bridgehead atoms. The summed E-state index contributed by atoms with van der Waals surface area (Å²) in [5, 5.41) is 7.37. The fourth-order valence-corrected chi connectivity index (χ4v) is 2.31. The van der Waals surface area contributed by atoms with Crippen LogP contribution in [0.15, 0.2) is 24.5 Å². The summed E-state index contributed by atoms with van der Waals surface area (Å²) >= 11 is 0. The maximum atomic E-state index is 14.1. The van der Waals surface area contributed by atoms with Crippen molar-refractivity contribution in [3.8, 4) is 0 Å². The van der Waals surface area contributed by atoms with Gasteiger partial charge >= 0.3 is 0 Å². The van der Waals surface area contributed by atoms with Crippen LogP contribution in [0.3, 0.4) is 0 Å². The van der Waals surface area contributed by atoms with E-state index in [1.54, 1.807) is 12.4 Å². The van der Waals surface area contributed by atoms with Crippen molar-refractivity contribution < 1.29 is 4.39 Å². The van der Waals surface area contributed by atoms with Crippen molar-refractivity contribution in [3.05, 3.63) is 47.3 Å². The average Bonchev–Trinajstić information content (AvgIpc) is 2.84. The lowest BCUT2D eigenvalue weighted by atomic mass is 10.0. The number of rotatable bonds is 6. The van der Waals surface area contributed by atoms with Crippen LogP contribution in [0.1, 0.15) is 36.3 Å². The molecule has 1 unspecified atom stereocenters. The fraction of sp³-hybridized carbons (Fsp3) is 0.467. The van der Waals surface area contributed by atoms with E-state index < -0.39 is 0 Å². The SMILES string of the molecule is CCCn1ncnc1CC(NC)c1ccc(C)cc1F. The lowest BCUT2D eigenvalue weighted by Crippen LogP contribution is -2.22. The highest BCUT2D eigenvalue weighted by molar-refractivity contribution is 5.26. The second-order valence-corrected chi connectivity index (χ2v) is 4.97. The van der Waals surface area contributed by atoms with Crippen LogP contribution in [0.5, 0.6) is 0 Å². The molecule has 0 aliphatic heterocycles. The minimum absolute atomic E-state index is 0.101. The highest BCUT2D eigenvalue weighted by atomic mass is 19.1. The summed E-state index contributed by atoms with van der Waals surface area (Å²) in [6, 6.07) is 5.23. The minimum atomic E-state index is -0.175. The zero-order chi connectivity index (χ0) is 14.5. The number of aryl methyl sites for hydroxylation is 2. The molecule has 0 aliphatic carbocycles. The van der Waals surface area contributed by atoms with E-state index in [9.17, 15) is 4.39 Å². The first-order chi connectivity index (χ1) is 9.65. The highest BCUT2D eigenvalue weighted by Gasteiger charge is 2.17. The number of nitrogens with zero attached hydrogens (tertiary/aromatic N) is 3. The lowest BCUT2D eigenvalue weighted by Gasteiger charge is -2.17. The quantitative estimate of drug-likeness (QED) is 0.882. The molecule has 2 rings (SSSR count). The first-order valence-electron chi connectivity index (χ1n) is 6.95. The molecule has 0 saturated heterocycles. The predicted octanol–water partition coefficient (Wildman–Crippen LogP) is 2.64. The molecule has 2 aromatic rings. The molecule has 0 saturated carbocycles. The van der Waals surface area contributed by atoms with Crippen LogP contribution in [-0.4, -0.2) is 21.8 Å². The van der Waals surface area contributed by atoms with Gasteiger partial charge in [0.25, 0.3) is 0 Å². The van der Waals surface area contributed by atoms with Crippen LogP contribution in [-0.2, 0) is 13.0 Å².